The summed E-state index contributed by atoms with van der Waals surface area (Å²) in [7, 11) is 1.80. The Hall–Kier alpha value is -0.160. The quantitative estimate of drug-likeness (QED) is 0.776. The maximum atomic E-state index is 6.58. The van der Waals surface area contributed by atoms with Crippen LogP contribution in [0.5, 0.6) is 0 Å². The first-order chi connectivity index (χ1) is 11.1. The van der Waals surface area contributed by atoms with Crippen molar-refractivity contribution >= 4 is 0 Å². The van der Waals surface area contributed by atoms with Gasteiger partial charge in [-0.3, -0.25) is 9.80 Å². The lowest BCUT2D eigenvalue weighted by Crippen LogP contribution is -2.58. The summed E-state index contributed by atoms with van der Waals surface area (Å²) in [5, 5.41) is 0. The normalized spacial score (nSPS) is 35.9. The first-order valence-corrected chi connectivity index (χ1v) is 9.77. The third-order valence-electron chi connectivity index (χ3n) is 6.30. The van der Waals surface area contributed by atoms with Crippen LogP contribution in [0.1, 0.15) is 58.8 Å². The van der Waals surface area contributed by atoms with Crippen molar-refractivity contribution in [3.8, 4) is 0 Å². The topological polar surface area (TPSA) is 24.9 Å². The van der Waals surface area contributed by atoms with Crippen LogP contribution in [0.2, 0.25) is 0 Å². The maximum absolute atomic E-state index is 6.58. The van der Waals surface area contributed by atoms with Gasteiger partial charge in [0.1, 0.15) is 0 Å². The summed E-state index contributed by atoms with van der Waals surface area (Å²) in [6.07, 6.45) is 9.82. The van der Waals surface area contributed by atoms with E-state index in [0.29, 0.717) is 18.2 Å². The van der Waals surface area contributed by atoms with Crippen molar-refractivity contribution in [2.75, 3.05) is 39.9 Å². The van der Waals surface area contributed by atoms with Crippen LogP contribution < -0.4 is 0 Å². The molecule has 0 bridgehead atoms. The maximum Gasteiger partial charge on any atom is 0.0710 e. The largest absolute Gasteiger partial charge is 0.383 e. The molecule has 1 spiro atoms. The Morgan fingerprint density at radius 3 is 2.39 bits per heavy atom. The summed E-state index contributed by atoms with van der Waals surface area (Å²) in [5.74, 6) is 0. The van der Waals surface area contributed by atoms with E-state index < -0.39 is 0 Å². The van der Waals surface area contributed by atoms with Crippen LogP contribution in [0.15, 0.2) is 0 Å². The lowest BCUT2D eigenvalue weighted by molar-refractivity contribution is -0.0797. The minimum absolute atomic E-state index is 0.264. The fraction of sp³-hybridized carbons (Fsp3) is 1.00. The second-order valence-corrected chi connectivity index (χ2v) is 8.17. The van der Waals surface area contributed by atoms with Gasteiger partial charge in [-0.25, -0.2) is 0 Å². The zero-order valence-electron chi connectivity index (χ0n) is 15.4. The first kappa shape index (κ1) is 17.7. The highest BCUT2D eigenvalue weighted by atomic mass is 16.5. The number of methoxy groups -OCH3 is 1. The lowest BCUT2D eigenvalue weighted by Gasteiger charge is -2.45. The molecule has 4 heteroatoms. The number of ether oxygens (including phenoxy) is 2. The minimum atomic E-state index is 0.264. The number of nitrogens with zero attached hydrogens (tertiary/aromatic N) is 2. The highest BCUT2D eigenvalue weighted by molar-refractivity contribution is 4.93. The van der Waals surface area contributed by atoms with E-state index in [1.807, 2.05) is 0 Å². The summed E-state index contributed by atoms with van der Waals surface area (Å²) in [6.45, 7) is 10.1. The molecule has 0 unspecified atom stereocenters. The van der Waals surface area contributed by atoms with E-state index in [-0.39, 0.29) is 5.60 Å². The third-order valence-corrected chi connectivity index (χ3v) is 6.30. The molecular weight excluding hydrogens is 288 g/mol. The first-order valence-electron chi connectivity index (χ1n) is 9.77. The van der Waals surface area contributed by atoms with E-state index in [4.69, 9.17) is 9.47 Å². The Morgan fingerprint density at radius 2 is 1.74 bits per heavy atom. The SMILES string of the molecule is COCCN1[C@H](C)CN(C[C@@H]2CCC3(CCCCC3)O2)C[C@@H]1C. The van der Waals surface area contributed by atoms with Crippen LogP contribution in [0, 0.1) is 0 Å². The van der Waals surface area contributed by atoms with Gasteiger partial charge in [0.25, 0.3) is 0 Å². The van der Waals surface area contributed by atoms with E-state index in [1.165, 1.54) is 58.0 Å². The molecule has 23 heavy (non-hydrogen) atoms. The fourth-order valence-corrected chi connectivity index (χ4v) is 5.13. The van der Waals surface area contributed by atoms with Crippen molar-refractivity contribution in [3.05, 3.63) is 0 Å². The molecule has 2 aliphatic heterocycles. The molecule has 134 valence electrons. The molecule has 1 aliphatic carbocycles. The van der Waals surface area contributed by atoms with Crippen molar-refractivity contribution in [1.82, 2.24) is 9.80 Å². The molecule has 0 radical (unpaired) electrons. The highest BCUT2D eigenvalue weighted by Crippen LogP contribution is 2.42. The molecule has 1 saturated carbocycles. The number of piperazine rings is 1. The molecule has 3 rings (SSSR count). The van der Waals surface area contributed by atoms with Crippen molar-refractivity contribution in [3.63, 3.8) is 0 Å². The monoisotopic (exact) mass is 324 g/mol. The van der Waals surface area contributed by atoms with Crippen molar-refractivity contribution < 1.29 is 9.47 Å². The molecule has 3 atom stereocenters. The van der Waals surface area contributed by atoms with E-state index in [9.17, 15) is 0 Å². The summed E-state index contributed by atoms with van der Waals surface area (Å²) in [6, 6.07) is 1.22. The van der Waals surface area contributed by atoms with Gasteiger partial charge in [-0.05, 0) is 39.5 Å². The zero-order valence-corrected chi connectivity index (χ0v) is 15.4. The molecule has 4 nitrogen and oxygen atoms in total. The van der Waals surface area contributed by atoms with Gasteiger partial charge in [-0.2, -0.15) is 0 Å². The van der Waals surface area contributed by atoms with Crippen LogP contribution >= 0.6 is 0 Å². The molecule has 0 N–H and O–H groups in total. The molecule has 3 aliphatic rings. The standard InChI is InChI=1S/C19H36N2O2/c1-16-13-20(14-17(2)21(16)11-12-22-3)15-18-7-10-19(23-18)8-5-4-6-9-19/h16-18H,4-15H2,1-3H3/t16-,17+,18-/m0/s1. The second-order valence-electron chi connectivity index (χ2n) is 8.17. The molecule has 0 aromatic carbocycles. The third kappa shape index (κ3) is 4.28. The summed E-state index contributed by atoms with van der Waals surface area (Å²) in [4.78, 5) is 5.24. The smallest absolute Gasteiger partial charge is 0.0710 e. The zero-order chi connectivity index (χ0) is 16.3. The van der Waals surface area contributed by atoms with Gasteiger partial charge in [0.15, 0.2) is 0 Å². The van der Waals surface area contributed by atoms with Gasteiger partial charge < -0.3 is 9.47 Å². The summed E-state index contributed by atoms with van der Waals surface area (Å²) >= 11 is 0. The van der Waals surface area contributed by atoms with Gasteiger partial charge in [0, 0.05) is 45.4 Å². The van der Waals surface area contributed by atoms with Crippen LogP contribution in [-0.4, -0.2) is 73.5 Å². The van der Waals surface area contributed by atoms with E-state index in [2.05, 4.69) is 23.6 Å². The molecule has 0 aromatic rings. The molecule has 3 fully saturated rings. The number of hydrogen-bond acceptors (Lipinski definition) is 4. The van der Waals surface area contributed by atoms with Crippen LogP contribution in [0.3, 0.4) is 0 Å². The van der Waals surface area contributed by atoms with Gasteiger partial charge in [0.05, 0.1) is 18.3 Å². The van der Waals surface area contributed by atoms with Crippen LogP contribution in [-0.2, 0) is 9.47 Å². The van der Waals surface area contributed by atoms with Crippen molar-refractivity contribution in [1.29, 1.82) is 0 Å². The van der Waals surface area contributed by atoms with E-state index in [0.717, 1.165) is 19.7 Å². The summed E-state index contributed by atoms with van der Waals surface area (Å²) in [5.41, 5.74) is 0.264. The van der Waals surface area contributed by atoms with Crippen LogP contribution in [0.4, 0.5) is 0 Å². The molecule has 2 saturated heterocycles. The minimum Gasteiger partial charge on any atom is -0.383 e. The predicted molar refractivity (Wildman–Crippen MR) is 93.9 cm³/mol. The van der Waals surface area contributed by atoms with Crippen molar-refractivity contribution in [2.45, 2.75) is 82.6 Å². The second kappa shape index (κ2) is 7.81. The molecular formula is C19H36N2O2. The lowest BCUT2D eigenvalue weighted by atomic mass is 9.83. The molecule has 0 aromatic heterocycles. The average molecular weight is 325 g/mol. The van der Waals surface area contributed by atoms with Gasteiger partial charge in [-0.15, -0.1) is 0 Å². The van der Waals surface area contributed by atoms with Crippen LogP contribution in [0.25, 0.3) is 0 Å². The Balaban J connectivity index is 1.48. The molecule has 0 amide bonds. The average Bonchev–Trinajstić information content (AvgIpc) is 2.89. The number of hydrogen-bond donors (Lipinski definition) is 0. The van der Waals surface area contributed by atoms with E-state index in [1.54, 1.807) is 7.11 Å². The van der Waals surface area contributed by atoms with E-state index >= 15 is 0 Å². The summed E-state index contributed by atoms with van der Waals surface area (Å²) < 4.78 is 11.8. The highest BCUT2D eigenvalue weighted by Gasteiger charge is 2.41. The Morgan fingerprint density at radius 1 is 1.04 bits per heavy atom. The fourth-order valence-electron chi connectivity index (χ4n) is 5.13. The predicted octanol–water partition coefficient (Wildman–Crippen LogP) is 2.91. The Bertz CT molecular complexity index is 358. The van der Waals surface area contributed by atoms with Crippen molar-refractivity contribution in [2.24, 2.45) is 0 Å². The molecule has 2 heterocycles. The Kier molecular flexibility index (Phi) is 6.00. The number of rotatable bonds is 5. The van der Waals surface area contributed by atoms with Gasteiger partial charge in [0.2, 0.25) is 0 Å². The Labute approximate surface area is 142 Å². The van der Waals surface area contributed by atoms with Gasteiger partial charge >= 0.3 is 0 Å². The van der Waals surface area contributed by atoms with Gasteiger partial charge in [-0.1, -0.05) is 19.3 Å².